The third-order valence-corrected chi connectivity index (χ3v) is 3.67. The Balaban J connectivity index is 0.000000867. The minimum absolute atomic E-state index is 0.0703. The molecule has 0 amide bonds. The monoisotopic (exact) mass is 376 g/mol. The molecule has 0 heterocycles. The molecule has 10 nitrogen and oxygen atoms in total. The van der Waals surface area contributed by atoms with Gasteiger partial charge in [-0.25, -0.2) is 0 Å². The second kappa shape index (κ2) is 14.0. The summed E-state index contributed by atoms with van der Waals surface area (Å²) in [4.78, 5) is 44.4. The Morgan fingerprint density at radius 3 is 0.846 bits per heavy atom. The summed E-state index contributed by atoms with van der Waals surface area (Å²) in [7, 11) is 0. The smallest absolute Gasteiger partial charge is 0.317 e. The van der Waals surface area contributed by atoms with Crippen LogP contribution in [0.1, 0.15) is 38.5 Å². The zero-order valence-corrected chi connectivity index (χ0v) is 14.8. The van der Waals surface area contributed by atoms with Crippen LogP contribution in [0.2, 0.25) is 0 Å². The second-order valence-electron chi connectivity index (χ2n) is 6.12. The highest BCUT2D eigenvalue weighted by atomic mass is 16.4. The lowest BCUT2D eigenvalue weighted by atomic mass is 10.0. The fraction of sp³-hybridized carbons (Fsp3) is 0.750. The number of carboxylic acids is 4. The number of rotatable bonds is 11. The molecular formula is C16H28N2O8. The Morgan fingerprint density at radius 2 is 0.692 bits per heavy atom. The van der Waals surface area contributed by atoms with Gasteiger partial charge in [0.2, 0.25) is 0 Å². The molecule has 1 rings (SSSR count). The third kappa shape index (κ3) is 15.3. The van der Waals surface area contributed by atoms with Crippen molar-refractivity contribution in [1.82, 2.24) is 9.80 Å². The highest BCUT2D eigenvalue weighted by Gasteiger charge is 2.17. The average Bonchev–Trinajstić information content (AvgIpc) is 2.52. The van der Waals surface area contributed by atoms with E-state index in [4.69, 9.17) is 20.4 Å². The molecule has 4 N–H and O–H groups in total. The van der Waals surface area contributed by atoms with Crippen molar-refractivity contribution in [3.63, 3.8) is 0 Å². The molecule has 0 unspecified atom stereocenters. The van der Waals surface area contributed by atoms with E-state index >= 15 is 0 Å². The summed E-state index contributed by atoms with van der Waals surface area (Å²) in [6, 6.07) is 0. The molecule has 10 heteroatoms. The van der Waals surface area contributed by atoms with Crippen LogP contribution in [0.5, 0.6) is 0 Å². The van der Waals surface area contributed by atoms with Gasteiger partial charge in [0.15, 0.2) is 0 Å². The molecule has 0 atom stereocenters. The molecule has 0 spiro atoms. The van der Waals surface area contributed by atoms with Crippen molar-refractivity contribution in [2.24, 2.45) is 0 Å². The molecule has 0 aromatic rings. The van der Waals surface area contributed by atoms with E-state index in [-0.39, 0.29) is 13.1 Å². The van der Waals surface area contributed by atoms with E-state index in [0.717, 1.165) is 9.80 Å². The molecule has 1 aliphatic carbocycles. The van der Waals surface area contributed by atoms with E-state index in [1.165, 1.54) is 38.5 Å². The van der Waals surface area contributed by atoms with Gasteiger partial charge in [-0.3, -0.25) is 29.0 Å². The minimum Gasteiger partial charge on any atom is -0.480 e. The van der Waals surface area contributed by atoms with Crippen LogP contribution in [-0.4, -0.2) is 93.4 Å². The van der Waals surface area contributed by atoms with Crippen LogP contribution in [0.15, 0.2) is 0 Å². The first-order chi connectivity index (χ1) is 12.2. The van der Waals surface area contributed by atoms with E-state index in [1.807, 2.05) is 0 Å². The molecular weight excluding hydrogens is 348 g/mol. The SMILES string of the molecule is C1CCCCC1.O=C(O)CN(CCN(CC(=O)O)CC(=O)O)CC(=O)O. The highest BCUT2D eigenvalue weighted by Crippen LogP contribution is 2.15. The Bertz CT molecular complexity index is 386. The van der Waals surface area contributed by atoms with Crippen molar-refractivity contribution in [1.29, 1.82) is 0 Å². The zero-order valence-electron chi connectivity index (χ0n) is 14.8. The van der Waals surface area contributed by atoms with Gasteiger partial charge in [0.1, 0.15) is 0 Å². The molecule has 1 fully saturated rings. The second-order valence-corrected chi connectivity index (χ2v) is 6.12. The predicted molar refractivity (Wildman–Crippen MR) is 91.1 cm³/mol. The maximum absolute atomic E-state index is 10.6. The van der Waals surface area contributed by atoms with Crippen LogP contribution >= 0.6 is 0 Å². The average molecular weight is 376 g/mol. The number of hydrogen-bond acceptors (Lipinski definition) is 6. The van der Waals surface area contributed by atoms with E-state index in [9.17, 15) is 19.2 Å². The fourth-order valence-corrected chi connectivity index (χ4v) is 2.54. The van der Waals surface area contributed by atoms with Gasteiger partial charge in [-0.2, -0.15) is 0 Å². The Labute approximate surface area is 152 Å². The molecule has 0 aliphatic heterocycles. The lowest BCUT2D eigenvalue weighted by molar-refractivity contribution is -0.145. The largest absolute Gasteiger partial charge is 0.480 e. The van der Waals surface area contributed by atoms with Gasteiger partial charge in [0.25, 0.3) is 0 Å². The van der Waals surface area contributed by atoms with Crippen molar-refractivity contribution >= 4 is 23.9 Å². The van der Waals surface area contributed by atoms with Crippen molar-refractivity contribution < 1.29 is 39.6 Å². The van der Waals surface area contributed by atoms with E-state index in [1.54, 1.807) is 0 Å². The summed E-state index contributed by atoms with van der Waals surface area (Å²) in [5, 5.41) is 34.5. The molecule has 0 bridgehead atoms. The Hall–Kier alpha value is -2.20. The maximum atomic E-state index is 10.6. The molecule has 1 aliphatic rings. The number of nitrogens with zero attached hydrogens (tertiary/aromatic N) is 2. The fourth-order valence-electron chi connectivity index (χ4n) is 2.54. The lowest BCUT2D eigenvalue weighted by Crippen LogP contribution is -2.43. The van der Waals surface area contributed by atoms with Crippen LogP contribution in [0.4, 0.5) is 0 Å². The van der Waals surface area contributed by atoms with Crippen LogP contribution in [0.3, 0.4) is 0 Å². The van der Waals surface area contributed by atoms with Gasteiger partial charge in [0, 0.05) is 13.1 Å². The van der Waals surface area contributed by atoms with Crippen molar-refractivity contribution in [2.75, 3.05) is 39.3 Å². The van der Waals surface area contributed by atoms with Crippen LogP contribution < -0.4 is 0 Å². The summed E-state index contributed by atoms with van der Waals surface area (Å²) < 4.78 is 0. The highest BCUT2D eigenvalue weighted by molar-refractivity contribution is 5.73. The normalized spacial score (nSPS) is 13.8. The molecule has 0 radical (unpaired) electrons. The van der Waals surface area contributed by atoms with Gasteiger partial charge < -0.3 is 20.4 Å². The molecule has 0 aromatic carbocycles. The summed E-state index contributed by atoms with van der Waals surface area (Å²) in [6.07, 6.45) is 9.00. The maximum Gasteiger partial charge on any atom is 0.317 e. The third-order valence-electron chi connectivity index (χ3n) is 3.67. The standard InChI is InChI=1S/C10H16N2O8.C6H12/c13-7(14)3-11(4-8(15)16)1-2-12(5-9(17)18)6-10(19)20;1-2-4-6-5-3-1/h1-6H2,(H,13,14)(H,15,16)(H,17,18)(H,19,20);1-6H2. The summed E-state index contributed by atoms with van der Waals surface area (Å²) in [5.74, 6) is -4.91. The van der Waals surface area contributed by atoms with Crippen LogP contribution in [-0.2, 0) is 19.2 Å². The van der Waals surface area contributed by atoms with Crippen molar-refractivity contribution in [3.05, 3.63) is 0 Å². The molecule has 0 aromatic heterocycles. The zero-order chi connectivity index (χ0) is 19.9. The van der Waals surface area contributed by atoms with Crippen molar-refractivity contribution in [3.8, 4) is 0 Å². The van der Waals surface area contributed by atoms with Gasteiger partial charge in [0.05, 0.1) is 26.2 Å². The van der Waals surface area contributed by atoms with Gasteiger partial charge in [-0.05, 0) is 0 Å². The number of carboxylic acid groups (broad SMARTS) is 4. The number of hydrogen-bond donors (Lipinski definition) is 4. The number of aliphatic carboxylic acids is 4. The minimum atomic E-state index is -1.23. The quantitative estimate of drug-likeness (QED) is 0.395. The topological polar surface area (TPSA) is 156 Å². The molecule has 1 saturated carbocycles. The first kappa shape index (κ1) is 23.8. The van der Waals surface area contributed by atoms with E-state index in [0.29, 0.717) is 0 Å². The molecule has 150 valence electrons. The van der Waals surface area contributed by atoms with E-state index in [2.05, 4.69) is 0 Å². The van der Waals surface area contributed by atoms with Crippen LogP contribution in [0, 0.1) is 0 Å². The lowest BCUT2D eigenvalue weighted by Gasteiger charge is -2.23. The predicted octanol–water partition coefficient (Wildman–Crippen LogP) is 0.269. The van der Waals surface area contributed by atoms with Gasteiger partial charge >= 0.3 is 23.9 Å². The summed E-state index contributed by atoms with van der Waals surface area (Å²) in [6.45, 7) is -2.25. The summed E-state index contributed by atoms with van der Waals surface area (Å²) in [5.41, 5.74) is 0. The summed E-state index contributed by atoms with van der Waals surface area (Å²) >= 11 is 0. The van der Waals surface area contributed by atoms with Crippen molar-refractivity contribution in [2.45, 2.75) is 38.5 Å². The van der Waals surface area contributed by atoms with E-state index < -0.39 is 50.1 Å². The Kier molecular flexibility index (Phi) is 12.8. The molecule has 26 heavy (non-hydrogen) atoms. The van der Waals surface area contributed by atoms with Gasteiger partial charge in [-0.1, -0.05) is 38.5 Å². The first-order valence-electron chi connectivity index (χ1n) is 8.52. The van der Waals surface area contributed by atoms with Gasteiger partial charge in [-0.15, -0.1) is 0 Å². The number of carbonyl (C=O) groups is 4. The molecule has 0 saturated heterocycles. The van der Waals surface area contributed by atoms with Crippen LogP contribution in [0.25, 0.3) is 0 Å². The Morgan fingerprint density at radius 1 is 0.500 bits per heavy atom. The first-order valence-corrected chi connectivity index (χ1v) is 8.52.